The molecule has 0 saturated carbocycles. The second-order valence-electron chi connectivity index (χ2n) is 4.95. The Morgan fingerprint density at radius 2 is 2.04 bits per heavy atom. The van der Waals surface area contributed by atoms with E-state index in [0.29, 0.717) is 26.2 Å². The quantitative estimate of drug-likeness (QED) is 0.520. The zero-order valence-corrected chi connectivity index (χ0v) is 14.5. The van der Waals surface area contributed by atoms with Crippen LogP contribution in [0.15, 0.2) is 47.6 Å². The summed E-state index contributed by atoms with van der Waals surface area (Å²) < 4.78 is 1.92. The van der Waals surface area contributed by atoms with Crippen LogP contribution in [0.4, 0.5) is 0 Å². The molecule has 0 saturated heterocycles. The first-order chi connectivity index (χ1) is 11.0. The Hall–Kier alpha value is -1.95. The summed E-state index contributed by atoms with van der Waals surface area (Å²) in [6, 6.07) is 13.2. The summed E-state index contributed by atoms with van der Waals surface area (Å²) in [6.45, 7) is 2.03. The molecule has 23 heavy (non-hydrogen) atoms. The van der Waals surface area contributed by atoms with Gasteiger partial charge in [-0.15, -0.1) is 0 Å². The predicted molar refractivity (Wildman–Crippen MR) is 97.0 cm³/mol. The summed E-state index contributed by atoms with van der Waals surface area (Å²) in [6.07, 6.45) is 1.73. The predicted octanol–water partition coefficient (Wildman–Crippen LogP) is 5.11. The second-order valence-corrected chi connectivity index (χ2v) is 6.18. The van der Waals surface area contributed by atoms with Crippen molar-refractivity contribution in [1.82, 2.24) is 14.9 Å². The van der Waals surface area contributed by atoms with Crippen molar-refractivity contribution in [2.75, 3.05) is 0 Å². The maximum atomic E-state index is 6.25. The molecule has 0 aliphatic rings. The molecule has 0 atom stereocenters. The van der Waals surface area contributed by atoms with Crippen LogP contribution in [0.2, 0.25) is 10.0 Å². The molecular weight excluding hydrogens is 351 g/mol. The molecule has 116 valence electrons. The number of benzene rings is 2. The third-order valence-electron chi connectivity index (χ3n) is 3.19. The topological polar surface area (TPSA) is 46.0 Å². The van der Waals surface area contributed by atoms with E-state index in [1.165, 1.54) is 4.68 Å². The molecule has 3 aromatic rings. The highest BCUT2D eigenvalue weighted by atomic mass is 35.5. The van der Waals surface area contributed by atoms with E-state index in [0.717, 1.165) is 11.1 Å². The van der Waals surface area contributed by atoms with Crippen LogP contribution in [0, 0.1) is 11.7 Å². The molecule has 0 aliphatic carbocycles. The summed E-state index contributed by atoms with van der Waals surface area (Å²) in [5, 5.41) is 12.4. The molecule has 2 aromatic carbocycles. The minimum atomic E-state index is 0.384. The van der Waals surface area contributed by atoms with Gasteiger partial charge in [0.05, 0.1) is 11.2 Å². The third-order valence-corrected chi connectivity index (χ3v) is 4.00. The molecule has 0 unspecified atom stereocenters. The van der Waals surface area contributed by atoms with Crippen molar-refractivity contribution < 1.29 is 0 Å². The number of nitrogens with one attached hydrogen (secondary N) is 1. The molecule has 1 aromatic heterocycles. The number of aryl methyl sites for hydroxylation is 1. The van der Waals surface area contributed by atoms with E-state index in [-0.39, 0.29) is 0 Å². The number of rotatable bonds is 3. The van der Waals surface area contributed by atoms with Gasteiger partial charge in [-0.2, -0.15) is 14.9 Å². The highest BCUT2D eigenvalue weighted by molar-refractivity contribution is 7.71. The first-order valence-electron chi connectivity index (χ1n) is 6.78. The van der Waals surface area contributed by atoms with Crippen LogP contribution in [-0.4, -0.2) is 21.1 Å². The van der Waals surface area contributed by atoms with Crippen molar-refractivity contribution in [3.05, 3.63) is 68.4 Å². The molecule has 0 amide bonds. The van der Waals surface area contributed by atoms with E-state index in [9.17, 15) is 0 Å². The van der Waals surface area contributed by atoms with Gasteiger partial charge < -0.3 is 0 Å². The lowest BCUT2D eigenvalue weighted by atomic mass is 10.2. The van der Waals surface area contributed by atoms with Crippen LogP contribution in [0.3, 0.4) is 0 Å². The molecule has 0 aliphatic heterocycles. The molecule has 0 radical (unpaired) electrons. The van der Waals surface area contributed by atoms with Crippen LogP contribution in [-0.2, 0) is 0 Å². The number of nitrogens with zero attached hydrogens (tertiary/aromatic N) is 3. The van der Waals surface area contributed by atoms with Gasteiger partial charge >= 0.3 is 0 Å². The van der Waals surface area contributed by atoms with Crippen LogP contribution in [0.25, 0.3) is 11.4 Å². The standard InChI is InChI=1S/C16H12Cl2N4S/c1-10-3-2-4-11(7-10)9-19-22-15(20-21-16(22)23)13-6-5-12(17)8-14(13)18/h2-9H,1H3,(H,21,23). The number of aromatic amines is 1. The van der Waals surface area contributed by atoms with Gasteiger partial charge in [0.2, 0.25) is 4.77 Å². The van der Waals surface area contributed by atoms with Gasteiger partial charge in [-0.3, -0.25) is 0 Å². The first-order valence-corrected chi connectivity index (χ1v) is 7.95. The first kappa shape index (κ1) is 15.9. The smallest absolute Gasteiger partial charge is 0.216 e. The van der Waals surface area contributed by atoms with Crippen molar-refractivity contribution in [1.29, 1.82) is 0 Å². The number of hydrogen-bond donors (Lipinski definition) is 1. The zero-order valence-electron chi connectivity index (χ0n) is 12.1. The zero-order chi connectivity index (χ0) is 16.4. The monoisotopic (exact) mass is 362 g/mol. The van der Waals surface area contributed by atoms with Crippen molar-refractivity contribution in [3.63, 3.8) is 0 Å². The lowest BCUT2D eigenvalue weighted by Gasteiger charge is -2.04. The largest absolute Gasteiger partial charge is 0.250 e. The van der Waals surface area contributed by atoms with Gasteiger partial charge in [0, 0.05) is 10.6 Å². The van der Waals surface area contributed by atoms with Crippen LogP contribution in [0.5, 0.6) is 0 Å². The van der Waals surface area contributed by atoms with Gasteiger partial charge in [0.25, 0.3) is 0 Å². The Morgan fingerprint density at radius 3 is 2.78 bits per heavy atom. The average molecular weight is 363 g/mol. The Bertz CT molecular complexity index is 943. The SMILES string of the molecule is Cc1cccc(C=Nn2c(-c3ccc(Cl)cc3Cl)n[nH]c2=S)c1. The summed E-state index contributed by atoms with van der Waals surface area (Å²) in [4.78, 5) is 0. The summed E-state index contributed by atoms with van der Waals surface area (Å²) in [7, 11) is 0. The maximum Gasteiger partial charge on any atom is 0.216 e. The Morgan fingerprint density at radius 1 is 1.22 bits per heavy atom. The number of hydrogen-bond acceptors (Lipinski definition) is 3. The van der Waals surface area contributed by atoms with Gasteiger partial charge in [-0.25, -0.2) is 5.10 Å². The van der Waals surface area contributed by atoms with E-state index in [2.05, 4.69) is 15.3 Å². The molecule has 0 bridgehead atoms. The van der Waals surface area contributed by atoms with Crippen molar-refractivity contribution >= 4 is 41.6 Å². The summed E-state index contributed by atoms with van der Waals surface area (Å²) >= 11 is 17.4. The van der Waals surface area contributed by atoms with Crippen molar-refractivity contribution in [3.8, 4) is 11.4 Å². The van der Waals surface area contributed by atoms with Gasteiger partial charge in [-0.1, -0.05) is 53.0 Å². The molecule has 4 nitrogen and oxygen atoms in total. The minimum absolute atomic E-state index is 0.384. The molecule has 0 fully saturated rings. The van der Waals surface area contributed by atoms with Crippen molar-refractivity contribution in [2.24, 2.45) is 5.10 Å². The average Bonchev–Trinajstić information content (AvgIpc) is 2.86. The molecule has 3 rings (SSSR count). The summed E-state index contributed by atoms with van der Waals surface area (Å²) in [5.74, 6) is 0.528. The fourth-order valence-corrected chi connectivity index (χ4v) is 2.79. The van der Waals surface area contributed by atoms with Gasteiger partial charge in [-0.05, 0) is 42.9 Å². The van der Waals surface area contributed by atoms with E-state index in [1.807, 2.05) is 31.2 Å². The molecule has 1 heterocycles. The van der Waals surface area contributed by atoms with E-state index >= 15 is 0 Å². The summed E-state index contributed by atoms with van der Waals surface area (Å²) in [5.41, 5.74) is 2.83. The van der Waals surface area contributed by atoms with Crippen LogP contribution in [0.1, 0.15) is 11.1 Å². The van der Waals surface area contributed by atoms with E-state index < -0.39 is 0 Å². The fraction of sp³-hybridized carbons (Fsp3) is 0.0625. The highest BCUT2D eigenvalue weighted by Gasteiger charge is 2.12. The fourth-order valence-electron chi connectivity index (χ4n) is 2.12. The Labute approximate surface area is 148 Å². The van der Waals surface area contributed by atoms with Crippen molar-refractivity contribution in [2.45, 2.75) is 6.92 Å². The molecular formula is C16H12Cl2N4S. The molecule has 1 N–H and O–H groups in total. The highest BCUT2D eigenvalue weighted by Crippen LogP contribution is 2.29. The third kappa shape index (κ3) is 3.52. The normalized spacial score (nSPS) is 11.3. The van der Waals surface area contributed by atoms with Crippen LogP contribution >= 0.6 is 35.4 Å². The van der Waals surface area contributed by atoms with Crippen LogP contribution < -0.4 is 0 Å². The second kappa shape index (κ2) is 6.66. The lowest BCUT2D eigenvalue weighted by Crippen LogP contribution is -1.95. The number of H-pyrrole nitrogens is 1. The van der Waals surface area contributed by atoms with Gasteiger partial charge in [0.1, 0.15) is 0 Å². The number of halogens is 2. The lowest BCUT2D eigenvalue weighted by molar-refractivity contribution is 0.871. The molecule has 7 heteroatoms. The minimum Gasteiger partial charge on any atom is -0.250 e. The van der Waals surface area contributed by atoms with E-state index in [1.54, 1.807) is 24.4 Å². The van der Waals surface area contributed by atoms with E-state index in [4.69, 9.17) is 35.4 Å². The number of aromatic nitrogens is 3. The molecule has 0 spiro atoms. The Balaban J connectivity index is 2.04. The Kier molecular flexibility index (Phi) is 4.61. The maximum absolute atomic E-state index is 6.25. The van der Waals surface area contributed by atoms with Gasteiger partial charge in [0.15, 0.2) is 5.82 Å².